The van der Waals surface area contributed by atoms with Gasteiger partial charge in [-0.3, -0.25) is 20.4 Å². The van der Waals surface area contributed by atoms with Crippen LogP contribution in [0.2, 0.25) is 0 Å². The third kappa shape index (κ3) is 3.84. The molecule has 0 aliphatic rings. The molecule has 0 fully saturated rings. The van der Waals surface area contributed by atoms with E-state index in [9.17, 15) is 19.1 Å². The fourth-order valence-corrected chi connectivity index (χ4v) is 2.51. The van der Waals surface area contributed by atoms with E-state index in [-0.39, 0.29) is 12.0 Å². The topological polar surface area (TPSA) is 94.2 Å². The summed E-state index contributed by atoms with van der Waals surface area (Å²) < 4.78 is 13.1. The SMILES string of the molecule is O=C(CC(O)c1cccc(F)c1)NNC(=O)c1c[nH]c2ccccc12. The van der Waals surface area contributed by atoms with Crippen molar-refractivity contribution in [3.05, 3.63) is 71.7 Å². The molecule has 1 atom stereocenters. The van der Waals surface area contributed by atoms with Gasteiger partial charge in [0.25, 0.3) is 5.91 Å². The highest BCUT2D eigenvalue weighted by atomic mass is 19.1. The Kier molecular flexibility index (Phi) is 4.76. The number of aliphatic hydroxyl groups is 1. The van der Waals surface area contributed by atoms with Crippen LogP contribution in [0.3, 0.4) is 0 Å². The summed E-state index contributed by atoms with van der Waals surface area (Å²) in [5.41, 5.74) is 6.03. The number of hydrogen-bond acceptors (Lipinski definition) is 3. The smallest absolute Gasteiger partial charge is 0.271 e. The lowest BCUT2D eigenvalue weighted by atomic mass is 10.1. The summed E-state index contributed by atoms with van der Waals surface area (Å²) in [6.07, 6.45) is 0.0754. The number of hydrogen-bond donors (Lipinski definition) is 4. The average molecular weight is 341 g/mol. The summed E-state index contributed by atoms with van der Waals surface area (Å²) in [5.74, 6) is -1.57. The summed E-state index contributed by atoms with van der Waals surface area (Å²) in [6, 6.07) is 12.6. The standard InChI is InChI=1S/C18H16FN3O3/c19-12-5-3-4-11(8-12)16(23)9-17(24)21-22-18(25)14-10-20-15-7-2-1-6-13(14)15/h1-8,10,16,20,23H,9H2,(H,21,24)(H,22,25). The largest absolute Gasteiger partial charge is 0.388 e. The molecule has 0 aliphatic heterocycles. The van der Waals surface area contributed by atoms with Crippen LogP contribution in [-0.4, -0.2) is 21.9 Å². The second-order valence-corrected chi connectivity index (χ2v) is 5.53. The number of para-hydroxylation sites is 1. The lowest BCUT2D eigenvalue weighted by Gasteiger charge is -2.12. The number of carbonyl (C=O) groups excluding carboxylic acids is 2. The van der Waals surface area contributed by atoms with Gasteiger partial charge in [-0.1, -0.05) is 30.3 Å². The fraction of sp³-hybridized carbons (Fsp3) is 0.111. The molecule has 2 amide bonds. The van der Waals surface area contributed by atoms with Gasteiger partial charge < -0.3 is 10.1 Å². The van der Waals surface area contributed by atoms with E-state index in [4.69, 9.17) is 0 Å². The molecule has 25 heavy (non-hydrogen) atoms. The van der Waals surface area contributed by atoms with Crippen molar-refractivity contribution in [1.82, 2.24) is 15.8 Å². The number of amides is 2. The summed E-state index contributed by atoms with van der Waals surface area (Å²) in [7, 11) is 0. The lowest BCUT2D eigenvalue weighted by molar-refractivity contribution is -0.123. The summed E-state index contributed by atoms with van der Waals surface area (Å²) in [4.78, 5) is 27.0. The number of aromatic amines is 1. The van der Waals surface area contributed by atoms with Crippen molar-refractivity contribution in [2.75, 3.05) is 0 Å². The Morgan fingerprint density at radius 2 is 1.92 bits per heavy atom. The first-order valence-corrected chi connectivity index (χ1v) is 7.63. The first-order chi connectivity index (χ1) is 12.0. The number of carbonyl (C=O) groups is 2. The van der Waals surface area contributed by atoms with Gasteiger partial charge in [0.05, 0.1) is 18.1 Å². The van der Waals surface area contributed by atoms with Crippen molar-refractivity contribution < 1.29 is 19.1 Å². The Morgan fingerprint density at radius 1 is 1.12 bits per heavy atom. The average Bonchev–Trinajstić information content (AvgIpc) is 3.04. The van der Waals surface area contributed by atoms with Crippen LogP contribution >= 0.6 is 0 Å². The quantitative estimate of drug-likeness (QED) is 0.548. The third-order valence-corrected chi connectivity index (χ3v) is 3.76. The van der Waals surface area contributed by atoms with E-state index in [0.717, 1.165) is 17.0 Å². The van der Waals surface area contributed by atoms with Crippen molar-refractivity contribution in [1.29, 1.82) is 0 Å². The lowest BCUT2D eigenvalue weighted by Crippen LogP contribution is -2.42. The van der Waals surface area contributed by atoms with Crippen LogP contribution in [0.5, 0.6) is 0 Å². The number of fused-ring (bicyclic) bond motifs is 1. The first kappa shape index (κ1) is 16.7. The molecule has 7 heteroatoms. The molecular formula is C18H16FN3O3. The molecule has 0 spiro atoms. The summed E-state index contributed by atoms with van der Waals surface area (Å²) >= 11 is 0. The molecule has 0 radical (unpaired) electrons. The third-order valence-electron chi connectivity index (χ3n) is 3.76. The highest BCUT2D eigenvalue weighted by Gasteiger charge is 2.16. The number of nitrogens with one attached hydrogen (secondary N) is 3. The van der Waals surface area contributed by atoms with Crippen molar-refractivity contribution in [3.63, 3.8) is 0 Å². The van der Waals surface area contributed by atoms with E-state index < -0.39 is 23.7 Å². The molecule has 0 bridgehead atoms. The number of aromatic nitrogens is 1. The molecule has 0 saturated heterocycles. The Morgan fingerprint density at radius 3 is 2.72 bits per heavy atom. The van der Waals surface area contributed by atoms with E-state index in [1.807, 2.05) is 12.1 Å². The number of H-pyrrole nitrogens is 1. The molecule has 6 nitrogen and oxygen atoms in total. The number of aliphatic hydroxyl groups excluding tert-OH is 1. The Labute approximate surface area is 142 Å². The van der Waals surface area contributed by atoms with Crippen LogP contribution in [0.25, 0.3) is 10.9 Å². The van der Waals surface area contributed by atoms with E-state index in [0.29, 0.717) is 5.56 Å². The van der Waals surface area contributed by atoms with Crippen LogP contribution in [0.15, 0.2) is 54.7 Å². The summed E-state index contributed by atoms with van der Waals surface area (Å²) in [6.45, 7) is 0. The van der Waals surface area contributed by atoms with Gasteiger partial charge in [-0.25, -0.2) is 4.39 Å². The van der Waals surface area contributed by atoms with Crippen LogP contribution < -0.4 is 10.9 Å². The van der Waals surface area contributed by atoms with Gasteiger partial charge in [0, 0.05) is 17.1 Å². The Hall–Kier alpha value is -3.19. The molecule has 0 saturated carbocycles. The zero-order valence-corrected chi connectivity index (χ0v) is 13.1. The van der Waals surface area contributed by atoms with Gasteiger partial charge in [0.2, 0.25) is 5.91 Å². The molecule has 1 unspecified atom stereocenters. The van der Waals surface area contributed by atoms with E-state index >= 15 is 0 Å². The monoisotopic (exact) mass is 341 g/mol. The van der Waals surface area contributed by atoms with E-state index in [2.05, 4.69) is 15.8 Å². The normalized spacial score (nSPS) is 11.9. The maximum absolute atomic E-state index is 13.1. The molecule has 4 N–H and O–H groups in total. The minimum Gasteiger partial charge on any atom is -0.388 e. The molecule has 3 aromatic rings. The number of benzene rings is 2. The first-order valence-electron chi connectivity index (χ1n) is 7.63. The van der Waals surface area contributed by atoms with Crippen LogP contribution in [-0.2, 0) is 4.79 Å². The maximum atomic E-state index is 13.1. The highest BCUT2D eigenvalue weighted by Crippen LogP contribution is 2.18. The van der Waals surface area contributed by atoms with Crippen molar-refractivity contribution >= 4 is 22.7 Å². The van der Waals surface area contributed by atoms with Crippen LogP contribution in [0.1, 0.15) is 28.4 Å². The van der Waals surface area contributed by atoms with Gasteiger partial charge in [-0.05, 0) is 23.8 Å². The van der Waals surface area contributed by atoms with E-state index in [1.54, 1.807) is 18.3 Å². The van der Waals surface area contributed by atoms with Gasteiger partial charge >= 0.3 is 0 Å². The van der Waals surface area contributed by atoms with Crippen molar-refractivity contribution in [2.24, 2.45) is 0 Å². The number of rotatable bonds is 4. The summed E-state index contributed by atoms with van der Waals surface area (Å²) in [5, 5.41) is 10.7. The number of halogens is 1. The zero-order chi connectivity index (χ0) is 17.8. The van der Waals surface area contributed by atoms with Crippen LogP contribution in [0.4, 0.5) is 4.39 Å². The highest BCUT2D eigenvalue weighted by molar-refractivity contribution is 6.07. The minimum atomic E-state index is -1.17. The van der Waals surface area contributed by atoms with E-state index in [1.165, 1.54) is 18.2 Å². The van der Waals surface area contributed by atoms with Crippen molar-refractivity contribution in [3.8, 4) is 0 Å². The molecule has 2 aromatic carbocycles. The molecule has 128 valence electrons. The Bertz CT molecular complexity index is 923. The molecule has 1 aromatic heterocycles. The van der Waals surface area contributed by atoms with Crippen molar-refractivity contribution in [2.45, 2.75) is 12.5 Å². The minimum absolute atomic E-state index is 0.290. The second-order valence-electron chi connectivity index (χ2n) is 5.53. The molecule has 1 heterocycles. The fourth-order valence-electron chi connectivity index (χ4n) is 2.51. The van der Waals surface area contributed by atoms with Gasteiger partial charge in [-0.15, -0.1) is 0 Å². The maximum Gasteiger partial charge on any atom is 0.271 e. The number of hydrazine groups is 1. The van der Waals surface area contributed by atoms with Crippen LogP contribution in [0, 0.1) is 5.82 Å². The molecule has 0 aliphatic carbocycles. The molecular weight excluding hydrogens is 325 g/mol. The second kappa shape index (κ2) is 7.14. The van der Waals surface area contributed by atoms with Gasteiger partial charge in [-0.2, -0.15) is 0 Å². The predicted molar refractivity (Wildman–Crippen MR) is 89.9 cm³/mol. The van der Waals surface area contributed by atoms with Gasteiger partial charge in [0.15, 0.2) is 0 Å². The molecule has 3 rings (SSSR count). The zero-order valence-electron chi connectivity index (χ0n) is 13.1. The predicted octanol–water partition coefficient (Wildman–Crippen LogP) is 2.19. The van der Waals surface area contributed by atoms with Gasteiger partial charge in [0.1, 0.15) is 5.82 Å². The Balaban J connectivity index is 1.57.